The number of amides is 1. The Morgan fingerprint density at radius 1 is 1.12 bits per heavy atom. The molecule has 1 heterocycles. The van der Waals surface area contributed by atoms with E-state index in [0.717, 1.165) is 0 Å². The minimum Gasteiger partial charge on any atom is -0.486 e. The smallest absolute Gasteiger partial charge is 0.252 e. The van der Waals surface area contributed by atoms with Gasteiger partial charge in [0, 0.05) is 11.6 Å². The first-order valence-electron chi connectivity index (χ1n) is 7.35. The van der Waals surface area contributed by atoms with Gasteiger partial charge in [-0.05, 0) is 35.9 Å². The predicted molar refractivity (Wildman–Crippen MR) is 91.2 cm³/mol. The van der Waals surface area contributed by atoms with Crippen molar-refractivity contribution in [2.45, 2.75) is 6.10 Å². The van der Waals surface area contributed by atoms with Crippen LogP contribution in [0.2, 0.25) is 10.0 Å². The predicted octanol–water partition coefficient (Wildman–Crippen LogP) is 3.23. The van der Waals surface area contributed by atoms with Gasteiger partial charge in [-0.1, -0.05) is 29.3 Å². The van der Waals surface area contributed by atoms with Crippen LogP contribution in [0.25, 0.3) is 0 Å². The lowest BCUT2D eigenvalue weighted by atomic mass is 10.1. The molecule has 0 spiro atoms. The number of nitrogens with one attached hydrogen (secondary N) is 1. The summed E-state index contributed by atoms with van der Waals surface area (Å²) in [7, 11) is 0. The van der Waals surface area contributed by atoms with E-state index < -0.39 is 6.10 Å². The highest BCUT2D eigenvalue weighted by Gasteiger charge is 2.17. The first-order chi connectivity index (χ1) is 11.5. The average molecular weight is 368 g/mol. The Bertz CT molecular complexity index is 766. The van der Waals surface area contributed by atoms with Crippen LogP contribution in [0.5, 0.6) is 11.5 Å². The molecule has 2 aromatic carbocycles. The number of benzene rings is 2. The zero-order chi connectivity index (χ0) is 17.1. The molecular weight excluding hydrogens is 353 g/mol. The van der Waals surface area contributed by atoms with Gasteiger partial charge in [-0.3, -0.25) is 4.79 Å². The van der Waals surface area contributed by atoms with Gasteiger partial charge in [0.1, 0.15) is 13.2 Å². The van der Waals surface area contributed by atoms with Crippen molar-refractivity contribution in [2.75, 3.05) is 19.8 Å². The van der Waals surface area contributed by atoms with Crippen LogP contribution in [0.15, 0.2) is 36.4 Å². The molecular formula is C17H15Cl2NO4. The average Bonchev–Trinajstić information content (AvgIpc) is 2.59. The Morgan fingerprint density at radius 3 is 2.62 bits per heavy atom. The summed E-state index contributed by atoms with van der Waals surface area (Å²) < 4.78 is 10.9. The largest absolute Gasteiger partial charge is 0.486 e. The zero-order valence-electron chi connectivity index (χ0n) is 12.6. The van der Waals surface area contributed by atoms with Gasteiger partial charge in [-0.15, -0.1) is 0 Å². The summed E-state index contributed by atoms with van der Waals surface area (Å²) in [6, 6.07) is 9.80. The van der Waals surface area contributed by atoms with Crippen LogP contribution in [0.4, 0.5) is 0 Å². The van der Waals surface area contributed by atoms with E-state index in [1.807, 2.05) is 0 Å². The minimum absolute atomic E-state index is 0.0391. The third-order valence-corrected chi connectivity index (χ3v) is 4.13. The fourth-order valence-corrected chi connectivity index (χ4v) is 2.84. The van der Waals surface area contributed by atoms with Gasteiger partial charge in [-0.25, -0.2) is 0 Å². The summed E-state index contributed by atoms with van der Waals surface area (Å²) in [5.74, 6) is 0.854. The second-order valence-corrected chi connectivity index (χ2v) is 6.10. The first-order valence-corrected chi connectivity index (χ1v) is 8.11. The van der Waals surface area contributed by atoms with E-state index in [2.05, 4.69) is 5.32 Å². The van der Waals surface area contributed by atoms with Gasteiger partial charge in [0.25, 0.3) is 5.91 Å². The number of carbonyl (C=O) groups is 1. The van der Waals surface area contributed by atoms with Crippen LogP contribution >= 0.6 is 23.2 Å². The number of fused-ring (bicyclic) bond motifs is 1. The van der Waals surface area contributed by atoms with Gasteiger partial charge in [0.05, 0.1) is 16.7 Å². The molecule has 0 radical (unpaired) electrons. The Hall–Kier alpha value is -1.95. The van der Waals surface area contributed by atoms with Crippen LogP contribution < -0.4 is 14.8 Å². The summed E-state index contributed by atoms with van der Waals surface area (Å²) in [6.45, 7) is 1.02. The van der Waals surface area contributed by atoms with Crippen LogP contribution in [0, 0.1) is 0 Å². The van der Waals surface area contributed by atoms with Crippen LogP contribution in [-0.4, -0.2) is 30.8 Å². The summed E-state index contributed by atoms with van der Waals surface area (Å²) >= 11 is 11.8. The molecule has 1 aliphatic rings. The highest BCUT2D eigenvalue weighted by molar-refractivity contribution is 6.36. The summed E-state index contributed by atoms with van der Waals surface area (Å²) in [5.41, 5.74) is 0.928. The molecule has 7 heteroatoms. The Balaban J connectivity index is 1.64. The Morgan fingerprint density at radius 2 is 1.88 bits per heavy atom. The molecule has 1 aliphatic heterocycles. The quantitative estimate of drug-likeness (QED) is 0.870. The van der Waals surface area contributed by atoms with E-state index in [1.54, 1.807) is 24.3 Å². The van der Waals surface area contributed by atoms with Gasteiger partial charge in [-0.2, -0.15) is 0 Å². The van der Waals surface area contributed by atoms with Crippen molar-refractivity contribution in [3.8, 4) is 11.5 Å². The van der Waals surface area contributed by atoms with Crippen molar-refractivity contribution >= 4 is 29.1 Å². The number of aliphatic hydroxyl groups is 1. The number of hydrogen-bond donors (Lipinski definition) is 2. The second-order valence-electron chi connectivity index (χ2n) is 5.25. The van der Waals surface area contributed by atoms with E-state index >= 15 is 0 Å². The molecule has 1 amide bonds. The van der Waals surface area contributed by atoms with Crippen LogP contribution in [0.1, 0.15) is 22.0 Å². The van der Waals surface area contributed by atoms with Crippen molar-refractivity contribution < 1.29 is 19.4 Å². The fourth-order valence-electron chi connectivity index (χ4n) is 2.34. The third-order valence-electron chi connectivity index (χ3n) is 3.58. The summed E-state index contributed by atoms with van der Waals surface area (Å²) in [6.07, 6.45) is -0.879. The normalized spacial score (nSPS) is 14.1. The van der Waals surface area contributed by atoms with Gasteiger partial charge in [0.2, 0.25) is 0 Å². The molecule has 0 aromatic heterocycles. The zero-order valence-corrected chi connectivity index (χ0v) is 14.1. The van der Waals surface area contributed by atoms with E-state index in [0.29, 0.717) is 40.9 Å². The van der Waals surface area contributed by atoms with Crippen molar-refractivity contribution in [1.29, 1.82) is 0 Å². The lowest BCUT2D eigenvalue weighted by Gasteiger charge is -2.20. The van der Waals surface area contributed by atoms with Crippen LogP contribution in [0.3, 0.4) is 0 Å². The monoisotopic (exact) mass is 367 g/mol. The lowest BCUT2D eigenvalue weighted by Crippen LogP contribution is -2.28. The highest BCUT2D eigenvalue weighted by atomic mass is 35.5. The SMILES string of the molecule is O=C(NCC(O)c1ccc2c(c1)OCCO2)c1ccc(Cl)cc1Cl. The molecule has 2 N–H and O–H groups in total. The molecule has 24 heavy (non-hydrogen) atoms. The maximum atomic E-state index is 12.2. The van der Waals surface area contributed by atoms with Crippen LogP contribution in [-0.2, 0) is 0 Å². The minimum atomic E-state index is -0.879. The molecule has 1 atom stereocenters. The number of hydrogen-bond acceptors (Lipinski definition) is 4. The Labute approximate surface area is 149 Å². The lowest BCUT2D eigenvalue weighted by molar-refractivity contribution is 0.0916. The summed E-state index contributed by atoms with van der Waals surface area (Å²) in [5, 5.41) is 13.6. The maximum absolute atomic E-state index is 12.2. The van der Waals surface area contributed by atoms with Gasteiger partial charge in [0.15, 0.2) is 11.5 Å². The van der Waals surface area contributed by atoms with Crippen molar-refractivity contribution in [3.63, 3.8) is 0 Å². The van der Waals surface area contributed by atoms with Crippen molar-refractivity contribution in [3.05, 3.63) is 57.6 Å². The first kappa shape index (κ1) is 16.9. The fraction of sp³-hybridized carbons (Fsp3) is 0.235. The molecule has 5 nitrogen and oxygen atoms in total. The van der Waals surface area contributed by atoms with E-state index in [1.165, 1.54) is 12.1 Å². The molecule has 0 saturated heterocycles. The molecule has 2 aromatic rings. The van der Waals surface area contributed by atoms with Crippen molar-refractivity contribution in [2.24, 2.45) is 0 Å². The molecule has 0 saturated carbocycles. The number of ether oxygens (including phenoxy) is 2. The van der Waals surface area contributed by atoms with Gasteiger partial charge < -0.3 is 19.9 Å². The number of rotatable bonds is 4. The van der Waals surface area contributed by atoms with Gasteiger partial charge >= 0.3 is 0 Å². The number of aliphatic hydroxyl groups excluding tert-OH is 1. The topological polar surface area (TPSA) is 67.8 Å². The van der Waals surface area contributed by atoms with E-state index in [-0.39, 0.29) is 17.5 Å². The maximum Gasteiger partial charge on any atom is 0.252 e. The number of halogens is 2. The molecule has 0 bridgehead atoms. The molecule has 0 aliphatic carbocycles. The Kier molecular flexibility index (Phi) is 5.14. The molecule has 1 unspecified atom stereocenters. The molecule has 0 fully saturated rings. The molecule has 3 rings (SSSR count). The molecule has 126 valence electrons. The third kappa shape index (κ3) is 3.75. The number of carbonyl (C=O) groups excluding carboxylic acids is 1. The second kappa shape index (κ2) is 7.30. The van der Waals surface area contributed by atoms with E-state index in [4.69, 9.17) is 32.7 Å². The van der Waals surface area contributed by atoms with Crippen molar-refractivity contribution in [1.82, 2.24) is 5.32 Å². The standard InChI is InChI=1S/C17H15Cl2NO4/c18-11-2-3-12(13(19)8-11)17(22)20-9-14(21)10-1-4-15-16(7-10)24-6-5-23-15/h1-4,7-8,14,21H,5-6,9H2,(H,20,22). The summed E-state index contributed by atoms with van der Waals surface area (Å²) in [4.78, 5) is 12.2. The van der Waals surface area contributed by atoms with E-state index in [9.17, 15) is 9.90 Å². The highest BCUT2D eigenvalue weighted by Crippen LogP contribution is 2.32.